The Morgan fingerprint density at radius 3 is 2.24 bits per heavy atom. The van der Waals surface area contributed by atoms with Crippen molar-refractivity contribution in [1.82, 2.24) is 15.5 Å². The number of benzene rings is 1. The molecule has 0 spiro atoms. The molecule has 0 heterocycles. The first-order valence-electron chi connectivity index (χ1n) is 10.6. The van der Waals surface area contributed by atoms with Gasteiger partial charge in [0.1, 0.15) is 6.04 Å². The van der Waals surface area contributed by atoms with E-state index in [2.05, 4.69) is 55.6 Å². The lowest BCUT2D eigenvalue weighted by atomic mass is 9.74. The molecule has 1 aromatic carbocycles. The van der Waals surface area contributed by atoms with Crippen molar-refractivity contribution < 1.29 is 9.59 Å². The molecule has 1 saturated carbocycles. The number of rotatable bonds is 8. The summed E-state index contributed by atoms with van der Waals surface area (Å²) in [4.78, 5) is 26.6. The number of carbonyl (C=O) groups excluding carboxylic acids is 2. The molecule has 29 heavy (non-hydrogen) atoms. The monoisotopic (exact) mass is 421 g/mol. The molecule has 0 aromatic heterocycles. The predicted molar refractivity (Wildman–Crippen MR) is 119 cm³/mol. The fraction of sp³-hybridized carbons (Fsp3) is 0.652. The fourth-order valence-corrected chi connectivity index (χ4v) is 4.44. The highest BCUT2D eigenvalue weighted by Crippen LogP contribution is 2.35. The Labute approximate surface area is 180 Å². The highest BCUT2D eigenvalue weighted by molar-refractivity contribution is 6.30. The highest BCUT2D eigenvalue weighted by Gasteiger charge is 2.38. The first-order valence-corrected chi connectivity index (χ1v) is 11.0. The van der Waals surface area contributed by atoms with Crippen LogP contribution in [0.2, 0.25) is 5.02 Å². The van der Waals surface area contributed by atoms with E-state index in [4.69, 9.17) is 11.6 Å². The van der Waals surface area contributed by atoms with E-state index in [1.165, 1.54) is 12.5 Å². The fourth-order valence-electron chi connectivity index (χ4n) is 4.31. The van der Waals surface area contributed by atoms with Crippen LogP contribution < -0.4 is 10.6 Å². The normalized spacial score (nSPS) is 23.1. The Morgan fingerprint density at radius 2 is 1.76 bits per heavy atom. The van der Waals surface area contributed by atoms with Crippen molar-refractivity contribution in [2.45, 2.75) is 76.9 Å². The standard InChI is InChI=1S/C23H36ClN3O2/c1-16(2)14-21(25-17(3)28)22(29)26-20-10-12-23(13-11-20,27(4)5)15-18-6-8-19(24)9-7-18/h6-9,16,20-21H,10-15H2,1-5H3,(H,25,28)(H,26,29). The van der Waals surface area contributed by atoms with Crippen LogP contribution in [-0.2, 0) is 16.0 Å². The van der Waals surface area contributed by atoms with Crippen molar-refractivity contribution in [3.8, 4) is 0 Å². The molecule has 1 unspecified atom stereocenters. The molecular formula is C23H36ClN3O2. The van der Waals surface area contributed by atoms with E-state index < -0.39 is 6.04 Å². The molecule has 1 aromatic rings. The summed E-state index contributed by atoms with van der Waals surface area (Å²) in [6, 6.07) is 7.80. The lowest BCUT2D eigenvalue weighted by Gasteiger charge is -2.45. The van der Waals surface area contributed by atoms with Crippen molar-refractivity contribution in [2.24, 2.45) is 5.92 Å². The molecule has 1 fully saturated rings. The number of hydrogen-bond acceptors (Lipinski definition) is 3. The largest absolute Gasteiger partial charge is 0.352 e. The molecule has 0 radical (unpaired) electrons. The average molecular weight is 422 g/mol. The van der Waals surface area contributed by atoms with Crippen molar-refractivity contribution in [3.05, 3.63) is 34.9 Å². The van der Waals surface area contributed by atoms with Crippen LogP contribution in [0.1, 0.15) is 58.4 Å². The first kappa shape index (κ1) is 23.7. The number of likely N-dealkylation sites (N-methyl/N-ethyl adjacent to an activating group) is 1. The van der Waals surface area contributed by atoms with Gasteiger partial charge in [-0.3, -0.25) is 9.59 Å². The Hall–Kier alpha value is -1.59. The van der Waals surface area contributed by atoms with E-state index in [0.717, 1.165) is 37.1 Å². The topological polar surface area (TPSA) is 61.4 Å². The third-order valence-corrected chi connectivity index (χ3v) is 6.31. The summed E-state index contributed by atoms with van der Waals surface area (Å²) in [5.74, 6) is 0.114. The van der Waals surface area contributed by atoms with Crippen molar-refractivity contribution in [1.29, 1.82) is 0 Å². The maximum atomic E-state index is 12.8. The number of halogens is 1. The molecule has 0 aliphatic heterocycles. The molecular weight excluding hydrogens is 386 g/mol. The Bertz CT molecular complexity index is 680. The van der Waals surface area contributed by atoms with E-state index in [-0.39, 0.29) is 23.4 Å². The summed E-state index contributed by atoms with van der Waals surface area (Å²) in [5.41, 5.74) is 1.37. The molecule has 2 amide bonds. The third kappa shape index (κ3) is 7.00. The Balaban J connectivity index is 1.98. The van der Waals surface area contributed by atoms with Gasteiger partial charge >= 0.3 is 0 Å². The third-order valence-electron chi connectivity index (χ3n) is 6.06. The van der Waals surface area contributed by atoms with Gasteiger partial charge in [0.05, 0.1) is 0 Å². The second-order valence-corrected chi connectivity index (χ2v) is 9.52. The Kier molecular flexibility index (Phi) is 8.53. The lowest BCUT2D eigenvalue weighted by molar-refractivity contribution is -0.129. The minimum Gasteiger partial charge on any atom is -0.352 e. The molecule has 1 atom stereocenters. The van der Waals surface area contributed by atoms with Crippen molar-refractivity contribution >= 4 is 23.4 Å². The van der Waals surface area contributed by atoms with Crippen LogP contribution in [0.25, 0.3) is 0 Å². The Morgan fingerprint density at radius 1 is 1.17 bits per heavy atom. The molecule has 1 aliphatic rings. The van der Waals surface area contributed by atoms with E-state index in [9.17, 15) is 9.59 Å². The van der Waals surface area contributed by atoms with Gasteiger partial charge in [0.25, 0.3) is 0 Å². The van der Waals surface area contributed by atoms with Crippen LogP contribution in [-0.4, -0.2) is 48.4 Å². The van der Waals surface area contributed by atoms with Crippen LogP contribution in [0, 0.1) is 5.92 Å². The molecule has 2 rings (SSSR count). The predicted octanol–water partition coefficient (Wildman–Crippen LogP) is 3.79. The molecule has 0 saturated heterocycles. The maximum absolute atomic E-state index is 12.8. The number of amides is 2. The van der Waals surface area contributed by atoms with Gasteiger partial charge in [-0.05, 0) is 76.2 Å². The van der Waals surface area contributed by atoms with Gasteiger partial charge in [0, 0.05) is 23.5 Å². The van der Waals surface area contributed by atoms with Crippen LogP contribution in [0.3, 0.4) is 0 Å². The molecule has 162 valence electrons. The van der Waals surface area contributed by atoms with Gasteiger partial charge < -0.3 is 15.5 Å². The zero-order valence-corrected chi connectivity index (χ0v) is 19.2. The second kappa shape index (κ2) is 10.4. The molecule has 5 nitrogen and oxygen atoms in total. The van der Waals surface area contributed by atoms with Gasteiger partial charge in [-0.1, -0.05) is 37.6 Å². The van der Waals surface area contributed by atoms with E-state index in [0.29, 0.717) is 12.3 Å². The SMILES string of the molecule is CC(=O)NC(CC(C)C)C(=O)NC1CCC(Cc2ccc(Cl)cc2)(N(C)C)CC1. The van der Waals surface area contributed by atoms with Crippen LogP contribution >= 0.6 is 11.6 Å². The van der Waals surface area contributed by atoms with Gasteiger partial charge in [-0.2, -0.15) is 0 Å². The quantitative estimate of drug-likeness (QED) is 0.671. The van der Waals surface area contributed by atoms with E-state index in [1.54, 1.807) is 0 Å². The van der Waals surface area contributed by atoms with Crippen molar-refractivity contribution in [3.63, 3.8) is 0 Å². The van der Waals surface area contributed by atoms with E-state index >= 15 is 0 Å². The zero-order chi connectivity index (χ0) is 21.6. The van der Waals surface area contributed by atoms with Gasteiger partial charge in [0.2, 0.25) is 11.8 Å². The number of carbonyl (C=O) groups is 2. The summed E-state index contributed by atoms with van der Waals surface area (Å²) in [6.07, 6.45) is 5.53. The smallest absolute Gasteiger partial charge is 0.242 e. The van der Waals surface area contributed by atoms with Gasteiger partial charge in [0.15, 0.2) is 0 Å². The number of nitrogens with one attached hydrogen (secondary N) is 2. The summed E-state index contributed by atoms with van der Waals surface area (Å²) < 4.78 is 0. The molecule has 1 aliphatic carbocycles. The lowest BCUT2D eigenvalue weighted by Crippen LogP contribution is -2.54. The summed E-state index contributed by atoms with van der Waals surface area (Å²) in [5, 5.41) is 6.75. The zero-order valence-electron chi connectivity index (χ0n) is 18.4. The van der Waals surface area contributed by atoms with Crippen LogP contribution in [0.4, 0.5) is 0 Å². The molecule has 6 heteroatoms. The summed E-state index contributed by atoms with van der Waals surface area (Å²) in [6.45, 7) is 5.58. The first-order chi connectivity index (χ1) is 13.6. The van der Waals surface area contributed by atoms with Crippen LogP contribution in [0.5, 0.6) is 0 Å². The number of hydrogen-bond donors (Lipinski definition) is 2. The number of nitrogens with zero attached hydrogens (tertiary/aromatic N) is 1. The van der Waals surface area contributed by atoms with Crippen LogP contribution in [0.15, 0.2) is 24.3 Å². The molecule has 0 bridgehead atoms. The molecule has 2 N–H and O–H groups in total. The maximum Gasteiger partial charge on any atom is 0.242 e. The summed E-state index contributed by atoms with van der Waals surface area (Å²) in [7, 11) is 4.29. The highest BCUT2D eigenvalue weighted by atomic mass is 35.5. The average Bonchev–Trinajstić information content (AvgIpc) is 2.64. The minimum atomic E-state index is -0.456. The second-order valence-electron chi connectivity index (χ2n) is 9.09. The minimum absolute atomic E-state index is 0.0612. The van der Waals surface area contributed by atoms with E-state index in [1.807, 2.05) is 12.1 Å². The van der Waals surface area contributed by atoms with Gasteiger partial charge in [-0.15, -0.1) is 0 Å². The summed E-state index contributed by atoms with van der Waals surface area (Å²) >= 11 is 6.03. The van der Waals surface area contributed by atoms with Crippen molar-refractivity contribution in [2.75, 3.05) is 14.1 Å². The van der Waals surface area contributed by atoms with Gasteiger partial charge in [-0.25, -0.2) is 0 Å².